The van der Waals surface area contributed by atoms with Crippen molar-refractivity contribution in [2.45, 2.75) is 44.3 Å². The van der Waals surface area contributed by atoms with E-state index in [1.807, 2.05) is 35.2 Å². The Morgan fingerprint density at radius 1 is 1.02 bits per heavy atom. The van der Waals surface area contributed by atoms with E-state index in [1.165, 1.54) is 0 Å². The first-order valence-corrected chi connectivity index (χ1v) is 14.3. The first kappa shape index (κ1) is 30.9. The lowest BCUT2D eigenvalue weighted by Gasteiger charge is -2.18. The standard InChI is InChI=1S/C27H28ClN7O2.C2HF3O2/c28-22-14-29-26-31-19-3-1-2-16(12-19)4-5-18-13-20(30-24(22)34-26)8-9-23(18)33-27(37)32-21-10-11-35(15-21)25(36)17-6-7-17;3-2(4,5)1(6)7/h1-3,8-9,12-14,17,21H,4-7,10-11,15H2,(H2,32,33,37)(H2,29,30,31,34);(H,6,7)/t21-;/m0./s1. The van der Waals surface area contributed by atoms with Crippen LogP contribution in [0.5, 0.6) is 0 Å². The molecule has 232 valence electrons. The van der Waals surface area contributed by atoms with Gasteiger partial charge in [0.1, 0.15) is 5.02 Å². The zero-order chi connectivity index (χ0) is 31.4. The summed E-state index contributed by atoms with van der Waals surface area (Å²) in [7, 11) is 0. The highest BCUT2D eigenvalue weighted by Gasteiger charge is 2.38. The third-order valence-corrected chi connectivity index (χ3v) is 7.51. The minimum Gasteiger partial charge on any atom is -0.475 e. The maximum atomic E-state index is 12.9. The van der Waals surface area contributed by atoms with E-state index in [1.54, 1.807) is 6.20 Å². The number of hydrogen-bond acceptors (Lipinski definition) is 7. The van der Waals surface area contributed by atoms with Crippen molar-refractivity contribution in [3.05, 3.63) is 64.8 Å². The van der Waals surface area contributed by atoms with Gasteiger partial charge in [-0.05, 0) is 73.6 Å². The SMILES string of the molecule is O=C(Nc1ccc2cc1CCc1cccc(c1)Nc1ncc(Cl)c(n1)N2)N[C@H]1CCN(C(=O)C2CC2)C1.O=C(O)C(F)(F)F. The Bertz CT molecular complexity index is 1570. The number of carbonyl (C=O) groups is 3. The van der Waals surface area contributed by atoms with Crippen LogP contribution in [0.4, 0.5) is 46.8 Å². The fourth-order valence-corrected chi connectivity index (χ4v) is 5.01. The number of benzene rings is 2. The van der Waals surface area contributed by atoms with E-state index < -0.39 is 12.1 Å². The molecule has 5 N–H and O–H groups in total. The van der Waals surface area contributed by atoms with Crippen molar-refractivity contribution in [2.24, 2.45) is 5.92 Å². The van der Waals surface area contributed by atoms with Crippen molar-refractivity contribution >= 4 is 58.3 Å². The zero-order valence-electron chi connectivity index (χ0n) is 23.2. The van der Waals surface area contributed by atoms with Gasteiger partial charge in [-0.15, -0.1) is 0 Å². The molecule has 0 unspecified atom stereocenters. The summed E-state index contributed by atoms with van der Waals surface area (Å²) in [5.74, 6) is -1.39. The third-order valence-electron chi connectivity index (χ3n) is 7.23. The Morgan fingerprint density at radius 3 is 2.50 bits per heavy atom. The Labute approximate surface area is 255 Å². The molecule has 0 radical (unpaired) electrons. The lowest BCUT2D eigenvalue weighted by atomic mass is 10.0. The number of carboxylic acids is 1. The van der Waals surface area contributed by atoms with Crippen molar-refractivity contribution in [1.29, 1.82) is 0 Å². The molecule has 2 fully saturated rings. The number of aliphatic carboxylic acids is 1. The van der Waals surface area contributed by atoms with Gasteiger partial charge in [-0.3, -0.25) is 4.79 Å². The number of hydrogen-bond donors (Lipinski definition) is 5. The molecule has 2 aliphatic heterocycles. The van der Waals surface area contributed by atoms with E-state index in [2.05, 4.69) is 43.4 Å². The molecule has 2 aromatic carbocycles. The highest BCUT2D eigenvalue weighted by atomic mass is 35.5. The number of carboxylic acid groups (broad SMARTS) is 1. The Kier molecular flexibility index (Phi) is 9.09. The number of urea groups is 1. The summed E-state index contributed by atoms with van der Waals surface area (Å²) >= 11 is 6.36. The van der Waals surface area contributed by atoms with Crippen LogP contribution in [0.25, 0.3) is 0 Å². The second kappa shape index (κ2) is 13.0. The minimum absolute atomic E-state index is 0.0435. The third kappa shape index (κ3) is 8.07. The van der Waals surface area contributed by atoms with Crippen molar-refractivity contribution < 1.29 is 32.7 Å². The molecule has 1 saturated carbocycles. The van der Waals surface area contributed by atoms with Gasteiger partial charge in [0, 0.05) is 42.1 Å². The molecule has 1 atom stereocenters. The maximum absolute atomic E-state index is 12.9. The van der Waals surface area contributed by atoms with Gasteiger partial charge in [-0.2, -0.15) is 18.2 Å². The summed E-state index contributed by atoms with van der Waals surface area (Å²) in [5.41, 5.74) is 4.58. The summed E-state index contributed by atoms with van der Waals surface area (Å²) in [5, 5.41) is 20.1. The van der Waals surface area contributed by atoms with E-state index in [4.69, 9.17) is 21.5 Å². The molecule has 1 saturated heterocycles. The van der Waals surface area contributed by atoms with Crippen LogP contribution in [0.3, 0.4) is 0 Å². The maximum Gasteiger partial charge on any atom is 0.490 e. The summed E-state index contributed by atoms with van der Waals surface area (Å²) in [6.45, 7) is 1.28. The number of nitrogens with zero attached hydrogens (tertiary/aromatic N) is 3. The number of aryl methyl sites for hydroxylation is 2. The Balaban J connectivity index is 0.000000493. The monoisotopic (exact) mass is 631 g/mol. The van der Waals surface area contributed by atoms with Crippen LogP contribution in [0.1, 0.15) is 30.4 Å². The molecule has 6 rings (SSSR count). The Morgan fingerprint density at radius 2 is 1.77 bits per heavy atom. The molecular weight excluding hydrogens is 603 g/mol. The summed E-state index contributed by atoms with van der Waals surface area (Å²) < 4.78 is 31.7. The number of amides is 3. The fraction of sp³-hybridized carbons (Fsp3) is 0.345. The van der Waals surface area contributed by atoms with E-state index in [9.17, 15) is 22.8 Å². The quantitative estimate of drug-likeness (QED) is 0.255. The van der Waals surface area contributed by atoms with Crippen LogP contribution in [-0.4, -0.2) is 63.2 Å². The van der Waals surface area contributed by atoms with Gasteiger partial charge in [0.15, 0.2) is 5.82 Å². The minimum atomic E-state index is -5.08. The summed E-state index contributed by atoms with van der Waals surface area (Å²) in [4.78, 5) is 44.8. The lowest BCUT2D eigenvalue weighted by Crippen LogP contribution is -2.41. The van der Waals surface area contributed by atoms with E-state index in [0.717, 1.165) is 60.3 Å². The predicted molar refractivity (Wildman–Crippen MR) is 157 cm³/mol. The number of alkyl halides is 3. The lowest BCUT2D eigenvalue weighted by molar-refractivity contribution is -0.192. The van der Waals surface area contributed by atoms with Crippen LogP contribution in [0.2, 0.25) is 5.02 Å². The molecule has 11 nitrogen and oxygen atoms in total. The average Bonchev–Trinajstić information content (AvgIpc) is 3.72. The van der Waals surface area contributed by atoms with Gasteiger partial charge in [0.2, 0.25) is 11.9 Å². The molecular formula is C29H29ClF3N7O4. The molecule has 15 heteroatoms. The van der Waals surface area contributed by atoms with Gasteiger partial charge in [0.25, 0.3) is 0 Å². The van der Waals surface area contributed by atoms with Gasteiger partial charge >= 0.3 is 18.2 Å². The largest absolute Gasteiger partial charge is 0.490 e. The predicted octanol–water partition coefficient (Wildman–Crippen LogP) is 5.48. The van der Waals surface area contributed by atoms with Gasteiger partial charge in [-0.25, -0.2) is 14.6 Å². The number of aromatic nitrogens is 2. The van der Waals surface area contributed by atoms with Crippen molar-refractivity contribution in [2.75, 3.05) is 29.0 Å². The average molecular weight is 632 g/mol. The summed E-state index contributed by atoms with van der Waals surface area (Å²) in [6.07, 6.45) is 0.744. The normalized spacial score (nSPS) is 17.3. The smallest absolute Gasteiger partial charge is 0.475 e. The molecule has 0 spiro atoms. The number of fused-ring (bicyclic) bond motifs is 6. The first-order valence-electron chi connectivity index (χ1n) is 13.9. The molecule has 3 amide bonds. The number of halogens is 4. The fourth-order valence-electron chi connectivity index (χ4n) is 4.88. The van der Waals surface area contributed by atoms with Crippen LogP contribution in [-0.2, 0) is 22.4 Å². The number of anilines is 5. The first-order chi connectivity index (χ1) is 20.9. The second-order valence-electron chi connectivity index (χ2n) is 10.7. The number of rotatable bonds is 3. The van der Waals surface area contributed by atoms with E-state index in [-0.39, 0.29) is 23.9 Å². The second-order valence-corrected chi connectivity index (χ2v) is 11.1. The van der Waals surface area contributed by atoms with Crippen molar-refractivity contribution in [3.8, 4) is 0 Å². The topological polar surface area (TPSA) is 149 Å². The molecule has 6 bridgehead atoms. The molecule has 3 aliphatic rings. The molecule has 44 heavy (non-hydrogen) atoms. The van der Waals surface area contributed by atoms with Crippen molar-refractivity contribution in [3.63, 3.8) is 0 Å². The van der Waals surface area contributed by atoms with Gasteiger partial charge < -0.3 is 31.3 Å². The zero-order valence-corrected chi connectivity index (χ0v) is 24.0. The number of carbonyl (C=O) groups excluding carboxylic acids is 2. The van der Waals surface area contributed by atoms with Crippen LogP contribution >= 0.6 is 11.6 Å². The van der Waals surface area contributed by atoms with Gasteiger partial charge in [-0.1, -0.05) is 23.7 Å². The van der Waals surface area contributed by atoms with Gasteiger partial charge in [0.05, 0.1) is 6.20 Å². The highest BCUT2D eigenvalue weighted by molar-refractivity contribution is 6.32. The number of likely N-dealkylation sites (tertiary alicyclic amines) is 1. The van der Waals surface area contributed by atoms with Crippen LogP contribution in [0, 0.1) is 5.92 Å². The van der Waals surface area contributed by atoms with Crippen molar-refractivity contribution in [1.82, 2.24) is 20.2 Å². The molecule has 3 aromatic rings. The molecule has 1 aromatic heterocycles. The van der Waals surface area contributed by atoms with Crippen LogP contribution < -0.4 is 21.3 Å². The summed E-state index contributed by atoms with van der Waals surface area (Å²) in [6, 6.07) is 13.6. The van der Waals surface area contributed by atoms with Crippen LogP contribution in [0.15, 0.2) is 48.7 Å². The van der Waals surface area contributed by atoms with E-state index in [0.29, 0.717) is 29.9 Å². The molecule has 3 heterocycles. The van der Waals surface area contributed by atoms with E-state index >= 15 is 0 Å². The highest BCUT2D eigenvalue weighted by Crippen LogP contribution is 2.32. The molecule has 1 aliphatic carbocycles. The Hall–Kier alpha value is -4.59. The number of nitrogens with one attached hydrogen (secondary N) is 4.